The van der Waals surface area contributed by atoms with Crippen LogP contribution in [0.5, 0.6) is 0 Å². The number of carbonyl (C=O) groups is 1. The van der Waals surface area contributed by atoms with Crippen LogP contribution in [0, 0.1) is 0 Å². The van der Waals surface area contributed by atoms with Gasteiger partial charge in [0.15, 0.2) is 0 Å². The van der Waals surface area contributed by atoms with Crippen LogP contribution < -0.4 is 0 Å². The largest absolute Gasteiger partial charge is 0.340 e. The fourth-order valence-electron chi connectivity index (χ4n) is 2.09. The van der Waals surface area contributed by atoms with Crippen molar-refractivity contribution in [3.63, 3.8) is 0 Å². The predicted octanol–water partition coefficient (Wildman–Crippen LogP) is 1.99. The molecule has 0 N–H and O–H groups in total. The van der Waals surface area contributed by atoms with Crippen molar-refractivity contribution >= 4 is 50.6 Å². The van der Waals surface area contributed by atoms with Gasteiger partial charge in [-0.2, -0.15) is 16.1 Å². The second-order valence-electron chi connectivity index (χ2n) is 4.59. The van der Waals surface area contributed by atoms with Gasteiger partial charge in [0.1, 0.15) is 4.21 Å². The molecule has 1 amide bonds. The summed E-state index contributed by atoms with van der Waals surface area (Å²) in [5.74, 6) is 0.894. The zero-order valence-corrected chi connectivity index (χ0v) is 14.8. The van der Waals surface area contributed by atoms with Crippen LogP contribution in [0.25, 0.3) is 0 Å². The van der Waals surface area contributed by atoms with Crippen LogP contribution >= 0.6 is 34.7 Å². The lowest BCUT2D eigenvalue weighted by molar-refractivity contribution is -0.131. The van der Waals surface area contributed by atoms with Gasteiger partial charge in [0.05, 0.1) is 4.34 Å². The van der Waals surface area contributed by atoms with Gasteiger partial charge in [-0.05, 0) is 18.4 Å². The first-order valence-electron chi connectivity index (χ1n) is 6.47. The van der Waals surface area contributed by atoms with Crippen molar-refractivity contribution in [2.24, 2.45) is 0 Å². The SMILES string of the molecule is CSCCC(=O)N1CCN(S(=O)(=O)c2ccc(Cl)s2)CC1. The van der Waals surface area contributed by atoms with Crippen LogP contribution in [0.3, 0.4) is 0 Å². The van der Waals surface area contributed by atoms with Gasteiger partial charge in [0.25, 0.3) is 10.0 Å². The molecule has 9 heteroatoms. The molecule has 1 aromatic heterocycles. The third kappa shape index (κ3) is 4.13. The zero-order valence-electron chi connectivity index (χ0n) is 11.6. The topological polar surface area (TPSA) is 57.7 Å². The van der Waals surface area contributed by atoms with E-state index in [1.54, 1.807) is 22.7 Å². The minimum absolute atomic E-state index is 0.0977. The van der Waals surface area contributed by atoms with Gasteiger partial charge >= 0.3 is 0 Å². The van der Waals surface area contributed by atoms with Crippen molar-refractivity contribution < 1.29 is 13.2 Å². The summed E-state index contributed by atoms with van der Waals surface area (Å²) in [6.07, 6.45) is 2.47. The van der Waals surface area contributed by atoms with E-state index in [0.717, 1.165) is 17.1 Å². The third-order valence-corrected chi connectivity index (χ3v) is 7.46. The van der Waals surface area contributed by atoms with Gasteiger partial charge in [-0.15, -0.1) is 11.3 Å². The number of hydrogen-bond acceptors (Lipinski definition) is 5. The normalized spacial score (nSPS) is 17.1. The molecule has 21 heavy (non-hydrogen) atoms. The van der Waals surface area contributed by atoms with Gasteiger partial charge in [0.2, 0.25) is 5.91 Å². The lowest BCUT2D eigenvalue weighted by atomic mass is 10.3. The van der Waals surface area contributed by atoms with Gasteiger partial charge in [0, 0.05) is 38.4 Å². The Morgan fingerprint density at radius 1 is 1.33 bits per heavy atom. The number of thiophene rings is 1. The average molecular weight is 369 g/mol. The number of amides is 1. The monoisotopic (exact) mass is 368 g/mol. The van der Waals surface area contributed by atoms with Crippen LogP contribution in [0.15, 0.2) is 16.3 Å². The summed E-state index contributed by atoms with van der Waals surface area (Å²) in [4.78, 5) is 13.7. The summed E-state index contributed by atoms with van der Waals surface area (Å²) >= 11 is 8.49. The van der Waals surface area contributed by atoms with Gasteiger partial charge in [-0.25, -0.2) is 8.42 Å². The maximum Gasteiger partial charge on any atom is 0.252 e. The molecule has 0 spiro atoms. The second-order valence-corrected chi connectivity index (χ2v) is 9.45. The van der Waals surface area contributed by atoms with E-state index in [-0.39, 0.29) is 10.1 Å². The van der Waals surface area contributed by atoms with Gasteiger partial charge < -0.3 is 4.90 Å². The number of rotatable bonds is 5. The summed E-state index contributed by atoms with van der Waals surface area (Å²) in [6.45, 7) is 1.57. The molecule has 1 fully saturated rings. The van der Waals surface area contributed by atoms with E-state index in [4.69, 9.17) is 11.6 Å². The smallest absolute Gasteiger partial charge is 0.252 e. The van der Waals surface area contributed by atoms with E-state index in [1.165, 1.54) is 10.4 Å². The molecule has 0 aromatic carbocycles. The second kappa shape index (κ2) is 7.32. The molecule has 1 aromatic rings. The van der Waals surface area contributed by atoms with E-state index in [1.807, 2.05) is 6.26 Å². The van der Waals surface area contributed by atoms with Crippen molar-refractivity contribution in [1.29, 1.82) is 0 Å². The Bertz CT molecular complexity index is 595. The molecular formula is C12H17ClN2O3S3. The molecule has 2 heterocycles. The van der Waals surface area contributed by atoms with Crippen LogP contribution in [-0.4, -0.2) is 61.7 Å². The minimum Gasteiger partial charge on any atom is -0.340 e. The molecule has 2 rings (SSSR count). The summed E-state index contributed by atoms with van der Waals surface area (Å²) in [5, 5.41) is 0. The highest BCUT2D eigenvalue weighted by atomic mass is 35.5. The van der Waals surface area contributed by atoms with Crippen LogP contribution in [-0.2, 0) is 14.8 Å². The highest BCUT2D eigenvalue weighted by molar-refractivity contribution is 7.98. The fraction of sp³-hybridized carbons (Fsp3) is 0.583. The fourth-order valence-corrected chi connectivity index (χ4v) is 5.53. The quantitative estimate of drug-likeness (QED) is 0.797. The number of hydrogen-bond donors (Lipinski definition) is 0. The molecule has 1 aliphatic heterocycles. The van der Waals surface area contributed by atoms with Gasteiger partial charge in [-0.1, -0.05) is 11.6 Å². The molecule has 0 atom stereocenters. The molecule has 0 saturated carbocycles. The molecule has 1 saturated heterocycles. The molecule has 0 aliphatic carbocycles. The first kappa shape index (κ1) is 17.1. The number of thioether (sulfide) groups is 1. The first-order chi connectivity index (χ1) is 9.95. The molecular weight excluding hydrogens is 352 g/mol. The van der Waals surface area contributed by atoms with E-state index >= 15 is 0 Å². The highest BCUT2D eigenvalue weighted by Crippen LogP contribution is 2.28. The maximum absolute atomic E-state index is 12.4. The maximum atomic E-state index is 12.4. The zero-order chi connectivity index (χ0) is 15.5. The lowest BCUT2D eigenvalue weighted by Crippen LogP contribution is -2.50. The van der Waals surface area contributed by atoms with E-state index in [2.05, 4.69) is 0 Å². The van der Waals surface area contributed by atoms with Crippen molar-refractivity contribution in [1.82, 2.24) is 9.21 Å². The summed E-state index contributed by atoms with van der Waals surface area (Å²) in [6, 6.07) is 3.11. The molecule has 1 aliphatic rings. The Labute approximate surface area is 138 Å². The number of piperazine rings is 1. The van der Waals surface area contributed by atoms with E-state index in [9.17, 15) is 13.2 Å². The molecule has 118 valence electrons. The van der Waals surface area contributed by atoms with E-state index in [0.29, 0.717) is 36.9 Å². The molecule has 5 nitrogen and oxygen atoms in total. The highest BCUT2D eigenvalue weighted by Gasteiger charge is 2.30. The minimum atomic E-state index is -3.48. The summed E-state index contributed by atoms with van der Waals surface area (Å²) in [5.41, 5.74) is 0. The Morgan fingerprint density at radius 3 is 2.52 bits per heavy atom. The average Bonchev–Trinajstić information content (AvgIpc) is 2.92. The summed E-state index contributed by atoms with van der Waals surface area (Å²) in [7, 11) is -3.48. The Hall–Kier alpha value is -0.280. The number of carbonyl (C=O) groups excluding carboxylic acids is 1. The van der Waals surface area contributed by atoms with Gasteiger partial charge in [-0.3, -0.25) is 4.79 Å². The lowest BCUT2D eigenvalue weighted by Gasteiger charge is -2.33. The molecule has 0 bridgehead atoms. The van der Waals surface area contributed by atoms with Crippen molar-refractivity contribution in [2.75, 3.05) is 38.2 Å². The standard InChI is InChI=1S/C12H17ClN2O3S3/c1-19-9-4-11(16)14-5-7-15(8-6-14)21(17,18)12-3-2-10(13)20-12/h2-3H,4-9H2,1H3. The number of sulfonamides is 1. The number of nitrogens with zero attached hydrogens (tertiary/aromatic N) is 2. The van der Waals surface area contributed by atoms with E-state index < -0.39 is 10.0 Å². The van der Waals surface area contributed by atoms with Crippen LogP contribution in [0.1, 0.15) is 6.42 Å². The van der Waals surface area contributed by atoms with Crippen molar-refractivity contribution in [3.05, 3.63) is 16.5 Å². The summed E-state index contributed by atoms with van der Waals surface area (Å²) < 4.78 is 27.0. The van der Waals surface area contributed by atoms with Crippen LogP contribution in [0.4, 0.5) is 0 Å². The van der Waals surface area contributed by atoms with Crippen molar-refractivity contribution in [3.8, 4) is 0 Å². The Kier molecular flexibility index (Phi) is 5.96. The Balaban J connectivity index is 1.96. The molecule has 0 unspecified atom stereocenters. The molecule has 0 radical (unpaired) electrons. The first-order valence-corrected chi connectivity index (χ1v) is 10.5. The van der Waals surface area contributed by atoms with Crippen molar-refractivity contribution in [2.45, 2.75) is 10.6 Å². The van der Waals surface area contributed by atoms with Crippen LogP contribution in [0.2, 0.25) is 4.34 Å². The number of halogens is 1. The Morgan fingerprint density at radius 2 is 2.00 bits per heavy atom. The predicted molar refractivity (Wildman–Crippen MR) is 87.7 cm³/mol. The third-order valence-electron chi connectivity index (χ3n) is 3.25.